The number of hydrogen-bond acceptors (Lipinski definition) is 2. The Kier molecular flexibility index (Phi) is 7.37. The molecule has 4 nitrogen and oxygen atoms in total. The summed E-state index contributed by atoms with van der Waals surface area (Å²) in [7, 11) is 0. The Morgan fingerprint density at radius 3 is 1.97 bits per heavy atom. The van der Waals surface area contributed by atoms with Gasteiger partial charge in [-0.25, -0.2) is 14.1 Å². The number of carboxylic acid groups (broad SMARTS) is 1. The molecule has 0 aromatic heterocycles. The van der Waals surface area contributed by atoms with E-state index in [1.54, 1.807) is 18.2 Å². The first kappa shape index (κ1) is 22.2. The number of alkyl halides is 2. The van der Waals surface area contributed by atoms with Gasteiger partial charge in [-0.05, 0) is 48.4 Å². The molecule has 4 aliphatic heterocycles. The third-order valence-corrected chi connectivity index (χ3v) is 5.75. The summed E-state index contributed by atoms with van der Waals surface area (Å²) in [5, 5.41) is 8.79. The fraction of sp³-hybridized carbons (Fsp3) is 0.435. The van der Waals surface area contributed by atoms with E-state index in [1.807, 2.05) is 18.2 Å². The topological polar surface area (TPSA) is 43.8 Å². The summed E-state index contributed by atoms with van der Waals surface area (Å²) in [4.78, 5) is 13.4. The maximum absolute atomic E-state index is 12.8. The van der Waals surface area contributed by atoms with Gasteiger partial charge in [0.1, 0.15) is 5.82 Å². The highest BCUT2D eigenvalue weighted by molar-refractivity contribution is 5.65. The lowest BCUT2D eigenvalue weighted by molar-refractivity contribution is -0.204. The molecule has 162 valence electrons. The van der Waals surface area contributed by atoms with Gasteiger partial charge in [-0.1, -0.05) is 42.5 Å². The number of fused-ring (bicyclic) bond motifs is 4. The van der Waals surface area contributed by atoms with E-state index in [1.165, 1.54) is 27.5 Å². The predicted octanol–water partition coefficient (Wildman–Crippen LogP) is 5.24. The van der Waals surface area contributed by atoms with Gasteiger partial charge in [-0.15, -0.1) is 0 Å². The molecular weight excluding hydrogens is 393 g/mol. The first-order chi connectivity index (χ1) is 14.3. The number of piperidine rings is 3. The fourth-order valence-corrected chi connectivity index (χ4v) is 4.01. The summed E-state index contributed by atoms with van der Waals surface area (Å²) >= 11 is 0. The highest BCUT2D eigenvalue weighted by atomic mass is 19.3. The van der Waals surface area contributed by atoms with Gasteiger partial charge in [-0.3, -0.25) is 0 Å². The predicted molar refractivity (Wildman–Crippen MR) is 109 cm³/mol. The van der Waals surface area contributed by atoms with Gasteiger partial charge >= 0.3 is 12.1 Å². The second kappa shape index (κ2) is 9.98. The van der Waals surface area contributed by atoms with Gasteiger partial charge < -0.3 is 10.0 Å². The molecule has 4 aliphatic rings. The number of benzene rings is 2. The molecule has 0 spiro atoms. The van der Waals surface area contributed by atoms with Crippen LogP contribution >= 0.6 is 0 Å². The Balaban J connectivity index is 0.000000134. The van der Waals surface area contributed by atoms with Crippen LogP contribution in [0.15, 0.2) is 54.6 Å². The van der Waals surface area contributed by atoms with Crippen LogP contribution in [-0.4, -0.2) is 46.7 Å². The molecule has 7 heteroatoms. The van der Waals surface area contributed by atoms with Crippen LogP contribution in [0.3, 0.4) is 0 Å². The van der Waals surface area contributed by atoms with E-state index in [9.17, 15) is 18.0 Å². The van der Waals surface area contributed by atoms with Crippen LogP contribution < -0.4 is 0 Å². The van der Waals surface area contributed by atoms with Crippen LogP contribution in [-0.2, 0) is 13.0 Å². The highest BCUT2D eigenvalue weighted by Crippen LogP contribution is 2.40. The maximum atomic E-state index is 12.8. The normalized spacial score (nSPS) is 23.2. The molecule has 1 N–H and O–H groups in total. The van der Waals surface area contributed by atoms with Crippen LogP contribution in [0.4, 0.5) is 18.0 Å². The molecule has 2 aromatic rings. The molecule has 0 radical (unpaired) electrons. The molecule has 0 saturated carbocycles. The third-order valence-electron chi connectivity index (χ3n) is 5.75. The first-order valence-electron chi connectivity index (χ1n) is 10.2. The van der Waals surface area contributed by atoms with Gasteiger partial charge in [0.25, 0.3) is 0 Å². The Bertz CT molecular complexity index is 824. The number of hydrogen-bond donors (Lipinski definition) is 1. The van der Waals surface area contributed by atoms with Crippen LogP contribution in [0, 0.1) is 11.7 Å². The monoisotopic (exact) mass is 420 g/mol. The zero-order valence-electron chi connectivity index (χ0n) is 16.8. The van der Waals surface area contributed by atoms with Crippen molar-refractivity contribution in [2.24, 2.45) is 5.92 Å². The van der Waals surface area contributed by atoms with Crippen molar-refractivity contribution in [3.63, 3.8) is 0 Å². The van der Waals surface area contributed by atoms with Crippen LogP contribution in [0.5, 0.6) is 0 Å². The quantitative estimate of drug-likeness (QED) is 0.593. The van der Waals surface area contributed by atoms with Crippen LogP contribution in [0.1, 0.15) is 30.4 Å². The largest absolute Gasteiger partial charge is 0.465 e. The lowest BCUT2D eigenvalue weighted by Gasteiger charge is -2.44. The van der Waals surface area contributed by atoms with Crippen LogP contribution in [0.2, 0.25) is 0 Å². The maximum Gasteiger partial charge on any atom is 0.407 e. The van der Waals surface area contributed by atoms with Crippen molar-refractivity contribution >= 4 is 6.09 Å². The standard InChI is InChI=1S/C10H11NO2.C7H11F2N.C6H5F/c12-10(13)11-6-5-8-3-1-2-4-9(8)7-11;8-7(9)5-6-1-3-10(7)4-2-6;7-6-4-2-1-3-5-6/h1-4H,5-7H2,(H,12,13);6H,1-5H2;1-5H. The summed E-state index contributed by atoms with van der Waals surface area (Å²) in [6.45, 7) is 2.37. The molecule has 4 heterocycles. The van der Waals surface area contributed by atoms with Gasteiger partial charge in [0.2, 0.25) is 0 Å². The fourth-order valence-electron chi connectivity index (χ4n) is 4.01. The average Bonchev–Trinajstić information content (AvgIpc) is 2.75. The SMILES string of the molecule is FC1(F)CC2CCN1CC2.Fc1ccccc1.O=C(O)N1CCc2ccccc2C1. The molecule has 3 fully saturated rings. The molecule has 1 amide bonds. The lowest BCUT2D eigenvalue weighted by atomic mass is 9.87. The summed E-state index contributed by atoms with van der Waals surface area (Å²) < 4.78 is 37.6. The number of amides is 1. The molecule has 2 aromatic carbocycles. The van der Waals surface area contributed by atoms with E-state index < -0.39 is 12.1 Å². The number of nitrogens with zero attached hydrogens (tertiary/aromatic N) is 2. The Morgan fingerprint density at radius 2 is 1.53 bits per heavy atom. The van der Waals surface area contributed by atoms with E-state index >= 15 is 0 Å². The van der Waals surface area contributed by atoms with Gasteiger partial charge in [-0.2, -0.15) is 8.78 Å². The van der Waals surface area contributed by atoms with Gasteiger partial charge in [0, 0.05) is 32.6 Å². The summed E-state index contributed by atoms with van der Waals surface area (Å²) in [5.74, 6) is 0.127. The summed E-state index contributed by atoms with van der Waals surface area (Å²) in [6.07, 6.45) is 2.08. The molecule has 30 heavy (non-hydrogen) atoms. The third kappa shape index (κ3) is 5.98. The second-order valence-corrected chi connectivity index (χ2v) is 7.82. The van der Waals surface area contributed by atoms with Crippen molar-refractivity contribution in [2.45, 2.75) is 38.3 Å². The van der Waals surface area contributed by atoms with Crippen molar-refractivity contribution in [2.75, 3.05) is 19.6 Å². The number of carbonyl (C=O) groups is 1. The van der Waals surface area contributed by atoms with Gasteiger partial charge in [0.15, 0.2) is 0 Å². The van der Waals surface area contributed by atoms with E-state index in [2.05, 4.69) is 6.07 Å². The van der Waals surface area contributed by atoms with Crippen molar-refractivity contribution < 1.29 is 23.1 Å². The molecule has 0 unspecified atom stereocenters. The summed E-state index contributed by atoms with van der Waals surface area (Å²) in [6, 6.07) is 13.5. The summed E-state index contributed by atoms with van der Waals surface area (Å²) in [5.41, 5.74) is 2.41. The van der Waals surface area contributed by atoms with E-state index in [-0.39, 0.29) is 12.2 Å². The minimum absolute atomic E-state index is 0.104. The minimum atomic E-state index is -2.47. The van der Waals surface area contributed by atoms with Gasteiger partial charge in [0.05, 0.1) is 0 Å². The minimum Gasteiger partial charge on any atom is -0.465 e. The molecular formula is C23H27F3N2O2. The smallest absolute Gasteiger partial charge is 0.407 e. The van der Waals surface area contributed by atoms with E-state index in [0.29, 0.717) is 32.1 Å². The Morgan fingerprint density at radius 1 is 0.933 bits per heavy atom. The lowest BCUT2D eigenvalue weighted by Crippen LogP contribution is -2.53. The first-order valence-corrected chi connectivity index (χ1v) is 10.2. The van der Waals surface area contributed by atoms with Crippen molar-refractivity contribution in [1.29, 1.82) is 0 Å². The number of halogens is 3. The number of rotatable bonds is 0. The molecule has 3 saturated heterocycles. The average molecular weight is 420 g/mol. The molecule has 2 bridgehead atoms. The van der Waals surface area contributed by atoms with E-state index in [0.717, 1.165) is 24.8 Å². The zero-order valence-corrected chi connectivity index (χ0v) is 16.8. The highest BCUT2D eigenvalue weighted by Gasteiger charge is 2.46. The van der Waals surface area contributed by atoms with Crippen molar-refractivity contribution in [3.8, 4) is 0 Å². The Labute approximate surface area is 174 Å². The van der Waals surface area contributed by atoms with Crippen molar-refractivity contribution in [1.82, 2.24) is 9.80 Å². The zero-order chi connectivity index (χ0) is 21.6. The molecule has 0 aliphatic carbocycles. The molecule has 0 atom stereocenters. The van der Waals surface area contributed by atoms with E-state index in [4.69, 9.17) is 5.11 Å². The Hall–Kier alpha value is -2.54. The van der Waals surface area contributed by atoms with Crippen LogP contribution in [0.25, 0.3) is 0 Å². The second-order valence-electron chi connectivity index (χ2n) is 7.82. The van der Waals surface area contributed by atoms with Crippen molar-refractivity contribution in [3.05, 3.63) is 71.5 Å². The molecule has 6 rings (SSSR count).